The Hall–Kier alpha value is -3.72. The number of carbonyl (C=O) groups excluding carboxylic acids is 1. The number of phenols is 1. The minimum Gasteiger partial charge on any atom is -0.508 e. The first kappa shape index (κ1) is 32.7. The van der Waals surface area contributed by atoms with Crippen molar-refractivity contribution in [1.82, 2.24) is 19.6 Å². The summed E-state index contributed by atoms with van der Waals surface area (Å²) in [6, 6.07) is 26.7. The first-order chi connectivity index (χ1) is 21.8. The number of nitrogens with zero attached hydrogens (tertiary/aromatic N) is 4. The summed E-state index contributed by atoms with van der Waals surface area (Å²) in [5.74, 6) is -0.455. The second kappa shape index (κ2) is 15.5. The molecule has 45 heavy (non-hydrogen) atoms. The molecule has 1 amide bonds. The number of aromatic hydroxyl groups is 1. The number of carboxylic acid groups (broad SMARTS) is 1. The average molecular weight is 613 g/mol. The molecular formula is C37H48N4O4. The van der Waals surface area contributed by atoms with E-state index in [2.05, 4.69) is 77.1 Å². The third kappa shape index (κ3) is 8.72. The molecule has 3 aromatic carbocycles. The summed E-state index contributed by atoms with van der Waals surface area (Å²) in [4.78, 5) is 34.1. The smallest absolute Gasteiger partial charge is 0.303 e. The number of carboxylic acids is 1. The molecule has 0 spiro atoms. The Bertz CT molecular complexity index is 1420. The number of phenolic OH excluding ortho intramolecular Hbond substituents is 1. The van der Waals surface area contributed by atoms with Gasteiger partial charge in [-0.2, -0.15) is 0 Å². The van der Waals surface area contributed by atoms with Gasteiger partial charge >= 0.3 is 5.97 Å². The molecule has 5 rings (SSSR count). The molecule has 0 radical (unpaired) electrons. The Kier molecular flexibility index (Phi) is 11.3. The van der Waals surface area contributed by atoms with E-state index in [1.54, 1.807) is 6.07 Å². The summed E-state index contributed by atoms with van der Waals surface area (Å²) in [5, 5.41) is 19.4. The predicted molar refractivity (Wildman–Crippen MR) is 177 cm³/mol. The molecule has 2 heterocycles. The Morgan fingerprint density at radius 2 is 1.58 bits per heavy atom. The lowest BCUT2D eigenvalue weighted by molar-refractivity contribution is -0.137. The Balaban J connectivity index is 1.32. The molecular weight excluding hydrogens is 564 g/mol. The number of unbranched alkanes of at least 4 members (excludes halogenated alkanes) is 1. The minimum absolute atomic E-state index is 0.0494. The zero-order valence-electron chi connectivity index (χ0n) is 26.7. The highest BCUT2D eigenvalue weighted by Crippen LogP contribution is 2.35. The third-order valence-corrected chi connectivity index (χ3v) is 9.35. The maximum absolute atomic E-state index is 13.9. The zero-order chi connectivity index (χ0) is 31.8. The number of rotatable bonds is 11. The van der Waals surface area contributed by atoms with Gasteiger partial charge < -0.3 is 20.0 Å². The highest BCUT2D eigenvalue weighted by atomic mass is 16.4. The SMILES string of the molecule is C[C@@H]1CN([C@@H](c2cccc(O)c2)c2cccc(C(=O)N3CCCN(CCCCC(=O)O)CC3)c2)[C@@H](C)CN1Cc1ccccc1. The van der Waals surface area contributed by atoms with Gasteiger partial charge in [0.15, 0.2) is 0 Å². The molecule has 8 heteroatoms. The fraction of sp³-hybridized carbons (Fsp3) is 0.459. The van der Waals surface area contributed by atoms with Crippen LogP contribution in [-0.2, 0) is 11.3 Å². The molecule has 3 atom stereocenters. The zero-order valence-corrected chi connectivity index (χ0v) is 26.7. The predicted octanol–water partition coefficient (Wildman–Crippen LogP) is 5.48. The lowest BCUT2D eigenvalue weighted by Gasteiger charge is -2.47. The van der Waals surface area contributed by atoms with Crippen LogP contribution in [0.25, 0.3) is 0 Å². The van der Waals surface area contributed by atoms with E-state index in [1.165, 1.54) is 5.56 Å². The molecule has 2 N–H and O–H groups in total. The normalized spacial score (nSPS) is 20.9. The third-order valence-electron chi connectivity index (χ3n) is 9.35. The second-order valence-electron chi connectivity index (χ2n) is 12.8. The summed E-state index contributed by atoms with van der Waals surface area (Å²) >= 11 is 0. The highest BCUT2D eigenvalue weighted by Gasteiger charge is 2.35. The van der Waals surface area contributed by atoms with Crippen LogP contribution in [0.15, 0.2) is 78.9 Å². The van der Waals surface area contributed by atoms with Crippen LogP contribution in [0.5, 0.6) is 5.75 Å². The fourth-order valence-corrected chi connectivity index (χ4v) is 6.93. The number of carbonyl (C=O) groups is 2. The van der Waals surface area contributed by atoms with E-state index in [4.69, 9.17) is 5.11 Å². The Morgan fingerprint density at radius 3 is 2.33 bits per heavy atom. The average Bonchev–Trinajstić information content (AvgIpc) is 3.28. The monoisotopic (exact) mass is 612 g/mol. The summed E-state index contributed by atoms with van der Waals surface area (Å²) in [7, 11) is 0. The van der Waals surface area contributed by atoms with E-state index in [0.717, 1.165) is 63.2 Å². The van der Waals surface area contributed by atoms with Crippen LogP contribution in [0.2, 0.25) is 0 Å². The quantitative estimate of drug-likeness (QED) is 0.278. The van der Waals surface area contributed by atoms with Crippen molar-refractivity contribution >= 4 is 11.9 Å². The van der Waals surface area contributed by atoms with Crippen molar-refractivity contribution in [2.75, 3.05) is 45.8 Å². The topological polar surface area (TPSA) is 87.6 Å². The molecule has 0 aromatic heterocycles. The van der Waals surface area contributed by atoms with E-state index in [1.807, 2.05) is 29.2 Å². The Labute approximate surface area is 267 Å². The minimum atomic E-state index is -0.745. The van der Waals surface area contributed by atoms with E-state index in [0.29, 0.717) is 31.1 Å². The molecule has 3 aromatic rings. The molecule has 8 nitrogen and oxygen atoms in total. The van der Waals surface area contributed by atoms with Gasteiger partial charge in [-0.05, 0) is 87.2 Å². The lowest BCUT2D eigenvalue weighted by atomic mass is 9.92. The van der Waals surface area contributed by atoms with Gasteiger partial charge in [0.2, 0.25) is 0 Å². The standard InChI is InChI=1S/C37H48N4O4/c1-28-26-41(29(2)25-40(28)27-30-11-4-3-5-12-30)36(32-14-9-16-34(42)24-32)31-13-8-15-33(23-31)37(45)39-20-10-19-38(21-22-39)18-7-6-17-35(43)44/h3-5,8-9,11-16,23-24,28-29,36,42H,6-7,10,17-22,25-27H2,1-2H3,(H,43,44)/t28-,29+,36-/m1/s1. The van der Waals surface area contributed by atoms with Gasteiger partial charge in [0.25, 0.3) is 5.91 Å². The highest BCUT2D eigenvalue weighted by molar-refractivity contribution is 5.94. The van der Waals surface area contributed by atoms with Gasteiger partial charge in [-0.15, -0.1) is 0 Å². The molecule has 0 saturated carbocycles. The van der Waals surface area contributed by atoms with Crippen LogP contribution >= 0.6 is 0 Å². The van der Waals surface area contributed by atoms with Gasteiger partial charge in [-0.25, -0.2) is 0 Å². The van der Waals surface area contributed by atoms with E-state index in [9.17, 15) is 14.7 Å². The molecule has 2 saturated heterocycles. The summed E-state index contributed by atoms with van der Waals surface area (Å²) in [5.41, 5.74) is 4.08. The molecule has 0 aliphatic carbocycles. The Morgan fingerprint density at radius 1 is 0.822 bits per heavy atom. The van der Waals surface area contributed by atoms with Crippen molar-refractivity contribution in [2.24, 2.45) is 0 Å². The second-order valence-corrected chi connectivity index (χ2v) is 12.8. The van der Waals surface area contributed by atoms with Crippen LogP contribution < -0.4 is 0 Å². The van der Waals surface area contributed by atoms with Gasteiger partial charge in [0, 0.05) is 63.3 Å². The number of hydrogen-bond donors (Lipinski definition) is 2. The molecule has 2 aliphatic rings. The van der Waals surface area contributed by atoms with Crippen molar-refractivity contribution in [3.8, 4) is 5.75 Å². The van der Waals surface area contributed by atoms with Crippen molar-refractivity contribution in [2.45, 2.75) is 64.2 Å². The van der Waals surface area contributed by atoms with Crippen molar-refractivity contribution in [3.05, 3.63) is 101 Å². The fourth-order valence-electron chi connectivity index (χ4n) is 6.93. The summed E-state index contributed by atoms with van der Waals surface area (Å²) in [6.07, 6.45) is 2.65. The molecule has 0 bridgehead atoms. The summed E-state index contributed by atoms with van der Waals surface area (Å²) in [6.45, 7) is 11.2. The largest absolute Gasteiger partial charge is 0.508 e. The summed E-state index contributed by atoms with van der Waals surface area (Å²) < 4.78 is 0. The number of piperazine rings is 1. The molecule has 2 fully saturated rings. The molecule has 0 unspecified atom stereocenters. The maximum Gasteiger partial charge on any atom is 0.303 e. The van der Waals surface area contributed by atoms with Crippen molar-refractivity contribution in [3.63, 3.8) is 0 Å². The lowest BCUT2D eigenvalue weighted by Crippen LogP contribution is -2.56. The van der Waals surface area contributed by atoms with E-state index >= 15 is 0 Å². The number of hydrogen-bond acceptors (Lipinski definition) is 6. The first-order valence-electron chi connectivity index (χ1n) is 16.4. The van der Waals surface area contributed by atoms with Crippen LogP contribution in [-0.4, -0.2) is 99.6 Å². The van der Waals surface area contributed by atoms with Gasteiger partial charge in [-0.1, -0.05) is 54.6 Å². The maximum atomic E-state index is 13.9. The van der Waals surface area contributed by atoms with Crippen LogP contribution in [0.3, 0.4) is 0 Å². The van der Waals surface area contributed by atoms with Crippen molar-refractivity contribution < 1.29 is 19.8 Å². The van der Waals surface area contributed by atoms with Crippen molar-refractivity contribution in [1.29, 1.82) is 0 Å². The van der Waals surface area contributed by atoms with Gasteiger partial charge in [-0.3, -0.25) is 19.4 Å². The molecule has 2 aliphatic heterocycles. The van der Waals surface area contributed by atoms with E-state index in [-0.39, 0.29) is 30.2 Å². The van der Waals surface area contributed by atoms with Crippen LogP contribution in [0.4, 0.5) is 0 Å². The van der Waals surface area contributed by atoms with E-state index < -0.39 is 5.97 Å². The molecule has 240 valence electrons. The first-order valence-corrected chi connectivity index (χ1v) is 16.4. The van der Waals surface area contributed by atoms with Gasteiger partial charge in [0.05, 0.1) is 6.04 Å². The van der Waals surface area contributed by atoms with Crippen LogP contribution in [0.1, 0.15) is 72.6 Å². The number of benzene rings is 3. The number of aliphatic carboxylic acids is 1. The van der Waals surface area contributed by atoms with Gasteiger partial charge in [0.1, 0.15) is 5.75 Å². The van der Waals surface area contributed by atoms with Crippen LogP contribution in [0, 0.1) is 0 Å². The number of amides is 1.